The summed E-state index contributed by atoms with van der Waals surface area (Å²) >= 11 is 0. The number of rotatable bonds is 5. The van der Waals surface area contributed by atoms with Crippen LogP contribution in [0.3, 0.4) is 0 Å². The monoisotopic (exact) mass is 637 g/mol. The van der Waals surface area contributed by atoms with Crippen LogP contribution < -0.4 is 4.90 Å². The lowest BCUT2D eigenvalue weighted by Crippen LogP contribution is -2.11. The zero-order valence-corrected chi connectivity index (χ0v) is 27.3. The third-order valence-corrected chi connectivity index (χ3v) is 10.1. The third kappa shape index (κ3) is 4.50. The maximum atomic E-state index is 6.68. The molecule has 10 rings (SSSR count). The second-order valence-electron chi connectivity index (χ2n) is 12.9. The van der Waals surface area contributed by atoms with Gasteiger partial charge in [-0.2, -0.15) is 0 Å². The fourth-order valence-electron chi connectivity index (χ4n) is 7.76. The maximum absolute atomic E-state index is 6.68. The van der Waals surface area contributed by atoms with Gasteiger partial charge >= 0.3 is 0 Å². The van der Waals surface area contributed by atoms with Crippen LogP contribution in [0, 0.1) is 0 Å². The number of nitrogens with zero attached hydrogens (tertiary/aromatic N) is 1. The van der Waals surface area contributed by atoms with Crippen LogP contribution in [0.2, 0.25) is 0 Å². The van der Waals surface area contributed by atoms with Crippen molar-refractivity contribution in [1.29, 1.82) is 0 Å². The Labute approximate surface area is 290 Å². The van der Waals surface area contributed by atoms with E-state index in [-0.39, 0.29) is 0 Å². The lowest BCUT2D eigenvalue weighted by atomic mass is 9.92. The Balaban J connectivity index is 1.23. The molecule has 2 nitrogen and oxygen atoms in total. The van der Waals surface area contributed by atoms with Crippen LogP contribution in [0.1, 0.15) is 0 Å². The minimum Gasteiger partial charge on any atom is -0.454 e. The summed E-state index contributed by atoms with van der Waals surface area (Å²) in [5, 5.41) is 9.67. The molecule has 0 radical (unpaired) electrons. The zero-order valence-electron chi connectivity index (χ0n) is 27.3. The normalized spacial score (nSPS) is 11.6. The summed E-state index contributed by atoms with van der Waals surface area (Å²) in [4.78, 5) is 2.37. The molecule has 9 aromatic carbocycles. The fourth-order valence-corrected chi connectivity index (χ4v) is 7.76. The van der Waals surface area contributed by atoms with Gasteiger partial charge in [-0.15, -0.1) is 0 Å². The number of hydrogen-bond acceptors (Lipinski definition) is 2. The highest BCUT2D eigenvalue weighted by molar-refractivity contribution is 6.16. The van der Waals surface area contributed by atoms with Crippen LogP contribution in [0.15, 0.2) is 192 Å². The SMILES string of the molecule is c1ccc(N(c2ccc(-c3cccc4ccccc34)cc2)c2cccc3c2oc2ccccc23)c(-c2cc3ccccc3c3ccccc23)c1. The Kier molecular flexibility index (Phi) is 6.53. The molecule has 0 spiro atoms. The second-order valence-corrected chi connectivity index (χ2v) is 12.9. The molecule has 0 aliphatic heterocycles. The average molecular weight is 638 g/mol. The van der Waals surface area contributed by atoms with E-state index in [1.807, 2.05) is 6.07 Å². The first kappa shape index (κ1) is 28.4. The Morgan fingerprint density at radius 3 is 1.78 bits per heavy atom. The molecule has 0 amide bonds. The molecule has 0 unspecified atom stereocenters. The van der Waals surface area contributed by atoms with E-state index in [2.05, 4.69) is 187 Å². The Hall–Kier alpha value is -6.64. The molecule has 234 valence electrons. The van der Waals surface area contributed by atoms with Gasteiger partial charge in [0.1, 0.15) is 5.58 Å². The molecule has 0 aliphatic rings. The topological polar surface area (TPSA) is 16.4 Å². The summed E-state index contributed by atoms with van der Waals surface area (Å²) in [6, 6.07) is 67.5. The van der Waals surface area contributed by atoms with Crippen LogP contribution in [0.25, 0.3) is 76.5 Å². The molecule has 10 aromatic rings. The van der Waals surface area contributed by atoms with Crippen molar-refractivity contribution in [2.45, 2.75) is 0 Å². The molecule has 0 saturated heterocycles. The van der Waals surface area contributed by atoms with Gasteiger partial charge in [-0.25, -0.2) is 0 Å². The van der Waals surface area contributed by atoms with Crippen molar-refractivity contribution < 1.29 is 4.42 Å². The number of hydrogen-bond donors (Lipinski definition) is 0. The van der Waals surface area contributed by atoms with Gasteiger partial charge in [0.15, 0.2) is 5.58 Å². The van der Waals surface area contributed by atoms with E-state index in [1.54, 1.807) is 0 Å². The van der Waals surface area contributed by atoms with Crippen molar-refractivity contribution in [1.82, 2.24) is 0 Å². The summed E-state index contributed by atoms with van der Waals surface area (Å²) in [6.07, 6.45) is 0. The number of furan rings is 1. The molecule has 0 bridgehead atoms. The Morgan fingerprint density at radius 1 is 0.340 bits per heavy atom. The lowest BCUT2D eigenvalue weighted by molar-refractivity contribution is 0.669. The van der Waals surface area contributed by atoms with Gasteiger partial charge in [0.2, 0.25) is 0 Å². The highest BCUT2D eigenvalue weighted by atomic mass is 16.3. The molecule has 2 heteroatoms. The van der Waals surface area contributed by atoms with Crippen LogP contribution in [-0.2, 0) is 0 Å². The molecule has 0 fully saturated rings. The zero-order chi connectivity index (χ0) is 33.0. The number of fused-ring (bicyclic) bond motifs is 7. The molecule has 1 aromatic heterocycles. The fraction of sp³-hybridized carbons (Fsp3) is 0. The van der Waals surface area contributed by atoms with Crippen molar-refractivity contribution in [2.24, 2.45) is 0 Å². The van der Waals surface area contributed by atoms with E-state index in [1.165, 1.54) is 49.0 Å². The molecule has 0 saturated carbocycles. The van der Waals surface area contributed by atoms with E-state index >= 15 is 0 Å². The summed E-state index contributed by atoms with van der Waals surface area (Å²) in [5.41, 5.74) is 9.64. The predicted octanol–water partition coefficient (Wildman–Crippen LogP) is 13.8. The van der Waals surface area contributed by atoms with Crippen molar-refractivity contribution in [3.8, 4) is 22.3 Å². The minimum atomic E-state index is 0.866. The molecule has 1 heterocycles. The highest BCUT2D eigenvalue weighted by Gasteiger charge is 2.23. The van der Waals surface area contributed by atoms with Gasteiger partial charge in [-0.1, -0.05) is 152 Å². The van der Waals surface area contributed by atoms with Gasteiger partial charge in [-0.3, -0.25) is 0 Å². The standard InChI is InChI=1S/C48H31NO/c1-3-16-36-32(13-1)15-11-22-37(36)33-27-29-35(30-28-33)49(46-25-12-23-43-42-21-8-10-26-47(42)50-48(43)46)45-24-9-7-20-41(45)44-31-34-14-2-4-17-38(34)39-18-5-6-19-40(39)44/h1-31H. The molecule has 0 atom stereocenters. The predicted molar refractivity (Wildman–Crippen MR) is 212 cm³/mol. The number of benzene rings is 9. The van der Waals surface area contributed by atoms with Crippen molar-refractivity contribution in [2.75, 3.05) is 4.90 Å². The van der Waals surface area contributed by atoms with E-state index < -0.39 is 0 Å². The van der Waals surface area contributed by atoms with Gasteiger partial charge in [0.25, 0.3) is 0 Å². The quantitative estimate of drug-likeness (QED) is 0.175. The van der Waals surface area contributed by atoms with Gasteiger partial charge < -0.3 is 9.32 Å². The number of para-hydroxylation sites is 3. The second kappa shape index (κ2) is 11.5. The molecule has 0 aliphatic carbocycles. The van der Waals surface area contributed by atoms with Gasteiger partial charge in [-0.05, 0) is 85.4 Å². The first-order valence-electron chi connectivity index (χ1n) is 17.1. The lowest BCUT2D eigenvalue weighted by Gasteiger charge is -2.28. The van der Waals surface area contributed by atoms with Crippen molar-refractivity contribution in [3.63, 3.8) is 0 Å². The largest absolute Gasteiger partial charge is 0.454 e. The van der Waals surface area contributed by atoms with Crippen molar-refractivity contribution >= 4 is 71.3 Å². The molecule has 0 N–H and O–H groups in total. The first-order valence-corrected chi connectivity index (χ1v) is 17.1. The van der Waals surface area contributed by atoms with E-state index in [0.29, 0.717) is 0 Å². The Bertz CT molecular complexity index is 2870. The Morgan fingerprint density at radius 2 is 0.920 bits per heavy atom. The molecule has 50 heavy (non-hydrogen) atoms. The number of anilines is 3. The average Bonchev–Trinajstić information content (AvgIpc) is 3.58. The summed E-state index contributed by atoms with van der Waals surface area (Å²) < 4.78 is 6.68. The van der Waals surface area contributed by atoms with E-state index in [9.17, 15) is 0 Å². The third-order valence-electron chi connectivity index (χ3n) is 10.1. The maximum Gasteiger partial charge on any atom is 0.159 e. The highest BCUT2D eigenvalue weighted by Crippen LogP contribution is 2.47. The van der Waals surface area contributed by atoms with Crippen LogP contribution in [0.4, 0.5) is 17.1 Å². The van der Waals surface area contributed by atoms with E-state index in [4.69, 9.17) is 4.42 Å². The van der Waals surface area contributed by atoms with Crippen LogP contribution in [0.5, 0.6) is 0 Å². The van der Waals surface area contributed by atoms with Crippen LogP contribution >= 0.6 is 0 Å². The van der Waals surface area contributed by atoms with E-state index in [0.717, 1.165) is 44.6 Å². The van der Waals surface area contributed by atoms with Crippen molar-refractivity contribution in [3.05, 3.63) is 188 Å². The summed E-state index contributed by atoms with van der Waals surface area (Å²) in [6.45, 7) is 0. The van der Waals surface area contributed by atoms with Crippen LogP contribution in [-0.4, -0.2) is 0 Å². The smallest absolute Gasteiger partial charge is 0.159 e. The molecular weight excluding hydrogens is 607 g/mol. The summed E-state index contributed by atoms with van der Waals surface area (Å²) in [7, 11) is 0. The van der Waals surface area contributed by atoms with Gasteiger partial charge in [0, 0.05) is 22.0 Å². The minimum absolute atomic E-state index is 0.866. The van der Waals surface area contributed by atoms with Gasteiger partial charge in [0.05, 0.1) is 11.4 Å². The summed E-state index contributed by atoms with van der Waals surface area (Å²) in [5.74, 6) is 0. The molecular formula is C48H31NO. The first-order chi connectivity index (χ1) is 24.8.